The number of hydrogen-bond acceptors (Lipinski definition) is 4. The summed E-state index contributed by atoms with van der Waals surface area (Å²) in [5.41, 5.74) is 0. The van der Waals surface area contributed by atoms with Crippen LogP contribution in [0.3, 0.4) is 0 Å². The maximum absolute atomic E-state index is 12.2. The summed E-state index contributed by atoms with van der Waals surface area (Å²) in [7, 11) is 1.86. The minimum atomic E-state index is 0.0764. The van der Waals surface area contributed by atoms with Crippen LogP contribution in [0.25, 0.3) is 0 Å². The van der Waals surface area contributed by atoms with E-state index in [9.17, 15) is 4.79 Å². The van der Waals surface area contributed by atoms with Crippen LogP contribution in [-0.2, 0) is 4.79 Å². The number of aromatic nitrogens is 2. The lowest BCUT2D eigenvalue weighted by Crippen LogP contribution is -2.44. The van der Waals surface area contributed by atoms with Gasteiger partial charge in [0.15, 0.2) is 0 Å². The summed E-state index contributed by atoms with van der Waals surface area (Å²) in [6.45, 7) is 4.42. The van der Waals surface area contributed by atoms with Crippen molar-refractivity contribution in [3.8, 4) is 0 Å². The monoisotopic (exact) mass is 248 g/mol. The molecule has 0 N–H and O–H groups in total. The Labute approximate surface area is 108 Å². The predicted octanol–water partition coefficient (Wildman–Crippen LogP) is 1.17. The molecule has 1 amide bonds. The molecule has 0 aromatic carbocycles. The largest absolute Gasteiger partial charge is 0.346 e. The van der Waals surface area contributed by atoms with Crippen molar-refractivity contribution in [2.75, 3.05) is 31.6 Å². The van der Waals surface area contributed by atoms with E-state index in [1.54, 1.807) is 23.4 Å². The Kier molecular flexibility index (Phi) is 4.12. The van der Waals surface area contributed by atoms with E-state index in [4.69, 9.17) is 0 Å². The molecule has 0 aliphatic carbocycles. The van der Waals surface area contributed by atoms with Crippen LogP contribution in [0.15, 0.2) is 18.5 Å². The van der Waals surface area contributed by atoms with Gasteiger partial charge < -0.3 is 9.80 Å². The standard InChI is InChI=1S/C13H20N4O/c1-3-16(2)12(18)11-6-4-9-17(10-11)13-14-7-5-8-15-13/h5,7-8,11H,3-4,6,9-10H2,1-2H3. The van der Waals surface area contributed by atoms with Gasteiger partial charge in [-0.3, -0.25) is 4.79 Å². The smallest absolute Gasteiger partial charge is 0.227 e. The maximum Gasteiger partial charge on any atom is 0.227 e. The molecule has 2 heterocycles. The fraction of sp³-hybridized carbons (Fsp3) is 0.615. The summed E-state index contributed by atoms with van der Waals surface area (Å²) in [5, 5.41) is 0. The normalized spacial score (nSPS) is 19.7. The first-order valence-electron chi connectivity index (χ1n) is 6.49. The van der Waals surface area contributed by atoms with Crippen LogP contribution in [0, 0.1) is 5.92 Å². The third kappa shape index (κ3) is 2.78. The number of nitrogens with zero attached hydrogens (tertiary/aromatic N) is 4. The number of piperidine rings is 1. The number of hydrogen-bond donors (Lipinski definition) is 0. The van der Waals surface area contributed by atoms with Gasteiger partial charge in [-0.25, -0.2) is 9.97 Å². The van der Waals surface area contributed by atoms with Crippen LogP contribution >= 0.6 is 0 Å². The molecule has 0 spiro atoms. The molecular weight excluding hydrogens is 228 g/mol. The van der Waals surface area contributed by atoms with Crippen LogP contribution in [0.5, 0.6) is 0 Å². The van der Waals surface area contributed by atoms with Gasteiger partial charge >= 0.3 is 0 Å². The van der Waals surface area contributed by atoms with E-state index in [1.807, 2.05) is 14.0 Å². The molecule has 1 unspecified atom stereocenters. The van der Waals surface area contributed by atoms with E-state index in [-0.39, 0.29) is 11.8 Å². The second kappa shape index (κ2) is 5.80. The Bertz CT molecular complexity index is 395. The van der Waals surface area contributed by atoms with Gasteiger partial charge in [-0.05, 0) is 25.8 Å². The summed E-state index contributed by atoms with van der Waals surface area (Å²) in [5.74, 6) is 1.04. The highest BCUT2D eigenvalue weighted by atomic mass is 16.2. The fourth-order valence-corrected chi connectivity index (χ4v) is 2.28. The minimum Gasteiger partial charge on any atom is -0.346 e. The van der Waals surface area contributed by atoms with E-state index < -0.39 is 0 Å². The molecule has 0 radical (unpaired) electrons. The first-order chi connectivity index (χ1) is 8.72. The summed E-state index contributed by atoms with van der Waals surface area (Å²) in [6.07, 6.45) is 5.47. The average molecular weight is 248 g/mol. The summed E-state index contributed by atoms with van der Waals surface area (Å²) < 4.78 is 0. The second-order valence-corrected chi connectivity index (χ2v) is 4.69. The highest BCUT2D eigenvalue weighted by Gasteiger charge is 2.28. The van der Waals surface area contributed by atoms with Crippen molar-refractivity contribution in [3.63, 3.8) is 0 Å². The molecule has 18 heavy (non-hydrogen) atoms. The number of carbonyl (C=O) groups is 1. The fourth-order valence-electron chi connectivity index (χ4n) is 2.28. The van der Waals surface area contributed by atoms with Crippen LogP contribution in [0.2, 0.25) is 0 Å². The molecule has 5 heteroatoms. The van der Waals surface area contributed by atoms with Gasteiger partial charge in [0.05, 0.1) is 5.92 Å². The molecule has 1 aromatic heterocycles. The summed E-state index contributed by atoms with van der Waals surface area (Å²) in [4.78, 5) is 24.6. The Morgan fingerprint density at radius 1 is 1.50 bits per heavy atom. The highest BCUT2D eigenvalue weighted by molar-refractivity contribution is 5.79. The highest BCUT2D eigenvalue weighted by Crippen LogP contribution is 2.21. The van der Waals surface area contributed by atoms with Gasteiger partial charge in [0.2, 0.25) is 11.9 Å². The van der Waals surface area contributed by atoms with Crippen LogP contribution in [0.4, 0.5) is 5.95 Å². The number of rotatable bonds is 3. The van der Waals surface area contributed by atoms with E-state index in [0.717, 1.165) is 38.4 Å². The molecule has 98 valence electrons. The van der Waals surface area contributed by atoms with Crippen molar-refractivity contribution >= 4 is 11.9 Å². The van der Waals surface area contributed by atoms with E-state index in [2.05, 4.69) is 14.9 Å². The zero-order valence-corrected chi connectivity index (χ0v) is 11.0. The Morgan fingerprint density at radius 2 is 2.22 bits per heavy atom. The van der Waals surface area contributed by atoms with E-state index >= 15 is 0 Å². The SMILES string of the molecule is CCN(C)C(=O)C1CCCN(c2ncccn2)C1. The molecule has 1 fully saturated rings. The Hall–Kier alpha value is -1.65. The lowest BCUT2D eigenvalue weighted by atomic mass is 9.97. The minimum absolute atomic E-state index is 0.0764. The van der Waals surface area contributed by atoms with Crippen LogP contribution < -0.4 is 4.90 Å². The van der Waals surface area contributed by atoms with Crippen molar-refractivity contribution < 1.29 is 4.79 Å². The van der Waals surface area contributed by atoms with Crippen molar-refractivity contribution in [1.29, 1.82) is 0 Å². The molecule has 1 aromatic rings. The molecule has 1 aliphatic heterocycles. The van der Waals surface area contributed by atoms with Gasteiger partial charge in [-0.1, -0.05) is 0 Å². The Morgan fingerprint density at radius 3 is 2.89 bits per heavy atom. The van der Waals surface area contributed by atoms with E-state index in [1.165, 1.54) is 0 Å². The van der Waals surface area contributed by atoms with Crippen LogP contribution in [0.1, 0.15) is 19.8 Å². The van der Waals surface area contributed by atoms with Gasteiger partial charge in [0, 0.05) is 39.1 Å². The first kappa shape index (κ1) is 12.8. The molecule has 0 bridgehead atoms. The van der Waals surface area contributed by atoms with Crippen molar-refractivity contribution in [2.24, 2.45) is 5.92 Å². The maximum atomic E-state index is 12.2. The lowest BCUT2D eigenvalue weighted by molar-refractivity contribution is -0.134. The second-order valence-electron chi connectivity index (χ2n) is 4.69. The topological polar surface area (TPSA) is 49.3 Å². The first-order valence-corrected chi connectivity index (χ1v) is 6.49. The molecule has 1 saturated heterocycles. The average Bonchev–Trinajstić information content (AvgIpc) is 2.46. The van der Waals surface area contributed by atoms with Crippen molar-refractivity contribution in [3.05, 3.63) is 18.5 Å². The van der Waals surface area contributed by atoms with Crippen molar-refractivity contribution in [2.45, 2.75) is 19.8 Å². The van der Waals surface area contributed by atoms with Gasteiger partial charge in [-0.2, -0.15) is 0 Å². The van der Waals surface area contributed by atoms with Crippen LogP contribution in [-0.4, -0.2) is 47.5 Å². The number of carbonyl (C=O) groups excluding carboxylic acids is 1. The third-order valence-corrected chi connectivity index (χ3v) is 3.46. The molecule has 0 saturated carbocycles. The number of amides is 1. The third-order valence-electron chi connectivity index (χ3n) is 3.46. The number of anilines is 1. The zero-order valence-electron chi connectivity index (χ0n) is 11.0. The molecule has 2 rings (SSSR count). The molecule has 1 atom stereocenters. The summed E-state index contributed by atoms with van der Waals surface area (Å²) >= 11 is 0. The zero-order chi connectivity index (χ0) is 13.0. The van der Waals surface area contributed by atoms with Gasteiger partial charge in [0.25, 0.3) is 0 Å². The van der Waals surface area contributed by atoms with Gasteiger partial charge in [-0.15, -0.1) is 0 Å². The molecular formula is C13H20N4O. The lowest BCUT2D eigenvalue weighted by Gasteiger charge is -2.33. The summed E-state index contributed by atoms with van der Waals surface area (Å²) in [6, 6.07) is 1.81. The molecule has 1 aliphatic rings. The Balaban J connectivity index is 2.03. The molecule has 5 nitrogen and oxygen atoms in total. The van der Waals surface area contributed by atoms with Crippen molar-refractivity contribution in [1.82, 2.24) is 14.9 Å². The van der Waals surface area contributed by atoms with E-state index in [0.29, 0.717) is 0 Å². The predicted molar refractivity (Wildman–Crippen MR) is 70.3 cm³/mol. The quantitative estimate of drug-likeness (QED) is 0.805. The van der Waals surface area contributed by atoms with Gasteiger partial charge in [0.1, 0.15) is 0 Å².